The molecule has 21 heavy (non-hydrogen) atoms. The van der Waals surface area contributed by atoms with Gasteiger partial charge < -0.3 is 14.9 Å². The Morgan fingerprint density at radius 2 is 2.10 bits per heavy atom. The number of carboxylic acids is 1. The van der Waals surface area contributed by atoms with Crippen molar-refractivity contribution in [2.75, 3.05) is 6.61 Å². The molecule has 0 saturated heterocycles. The lowest BCUT2D eigenvalue weighted by atomic mass is 9.82. The maximum Gasteiger partial charge on any atom is 0.303 e. The highest BCUT2D eigenvalue weighted by Crippen LogP contribution is 2.35. The van der Waals surface area contributed by atoms with Crippen LogP contribution in [0.2, 0.25) is 0 Å². The number of benzene rings is 1. The van der Waals surface area contributed by atoms with Crippen LogP contribution in [-0.4, -0.2) is 22.8 Å². The van der Waals surface area contributed by atoms with Crippen LogP contribution in [0.3, 0.4) is 0 Å². The van der Waals surface area contributed by atoms with E-state index in [4.69, 9.17) is 9.84 Å². The van der Waals surface area contributed by atoms with Crippen LogP contribution in [0.4, 0.5) is 0 Å². The Morgan fingerprint density at radius 3 is 2.62 bits per heavy atom. The molecule has 0 radical (unpaired) electrons. The van der Waals surface area contributed by atoms with Crippen LogP contribution in [0.15, 0.2) is 22.7 Å². The summed E-state index contributed by atoms with van der Waals surface area (Å²) in [5.74, 6) is -0.103. The molecule has 2 N–H and O–H groups in total. The van der Waals surface area contributed by atoms with Crippen molar-refractivity contribution >= 4 is 21.9 Å². The third-order valence-electron chi connectivity index (χ3n) is 3.18. The largest absolute Gasteiger partial charge is 0.492 e. The summed E-state index contributed by atoms with van der Waals surface area (Å²) in [5, 5.41) is 19.2. The highest BCUT2D eigenvalue weighted by molar-refractivity contribution is 9.10. The van der Waals surface area contributed by atoms with Gasteiger partial charge in [-0.05, 0) is 51.9 Å². The highest BCUT2D eigenvalue weighted by Gasteiger charge is 2.26. The highest BCUT2D eigenvalue weighted by atomic mass is 79.9. The number of aliphatic hydroxyl groups is 1. The molecule has 1 aromatic rings. The van der Waals surface area contributed by atoms with Crippen molar-refractivity contribution in [1.82, 2.24) is 0 Å². The normalized spacial score (nSPS) is 13.0. The van der Waals surface area contributed by atoms with E-state index in [-0.39, 0.29) is 6.42 Å². The Balaban J connectivity index is 2.76. The van der Waals surface area contributed by atoms with Crippen LogP contribution >= 0.6 is 15.9 Å². The second kappa shape index (κ2) is 7.80. The van der Waals surface area contributed by atoms with Gasteiger partial charge >= 0.3 is 5.97 Å². The van der Waals surface area contributed by atoms with Crippen molar-refractivity contribution in [1.29, 1.82) is 0 Å². The van der Waals surface area contributed by atoms with Crippen LogP contribution < -0.4 is 4.74 Å². The molecule has 0 spiro atoms. The van der Waals surface area contributed by atoms with E-state index in [1.165, 1.54) is 0 Å². The zero-order valence-electron chi connectivity index (χ0n) is 12.7. The van der Waals surface area contributed by atoms with Gasteiger partial charge in [-0.25, -0.2) is 0 Å². The van der Waals surface area contributed by atoms with Gasteiger partial charge in [0.1, 0.15) is 5.75 Å². The van der Waals surface area contributed by atoms with E-state index in [1.807, 2.05) is 39.0 Å². The standard InChI is InChI=1S/C16H23BrO4/c1-4-7-21-14-6-5-11(8-12(14)17)13(18)9-16(2,3)10-15(19)20/h5-6,8,13,18H,4,7,9-10H2,1-3H3,(H,19,20). The second-order valence-electron chi connectivity index (χ2n) is 5.99. The minimum Gasteiger partial charge on any atom is -0.492 e. The minimum atomic E-state index is -0.850. The van der Waals surface area contributed by atoms with Crippen LogP contribution in [-0.2, 0) is 4.79 Å². The Kier molecular flexibility index (Phi) is 6.68. The summed E-state index contributed by atoms with van der Waals surface area (Å²) in [7, 11) is 0. The van der Waals surface area contributed by atoms with Gasteiger partial charge in [-0.2, -0.15) is 0 Å². The molecule has 0 amide bonds. The Hall–Kier alpha value is -1.07. The van der Waals surface area contributed by atoms with Crippen LogP contribution in [0.1, 0.15) is 51.7 Å². The lowest BCUT2D eigenvalue weighted by molar-refractivity contribution is -0.139. The van der Waals surface area contributed by atoms with E-state index in [0.717, 1.165) is 22.2 Å². The topological polar surface area (TPSA) is 66.8 Å². The van der Waals surface area contributed by atoms with Gasteiger partial charge in [-0.15, -0.1) is 0 Å². The lowest BCUT2D eigenvalue weighted by Gasteiger charge is -2.26. The number of halogens is 1. The number of rotatable bonds is 8. The van der Waals surface area contributed by atoms with E-state index >= 15 is 0 Å². The summed E-state index contributed by atoms with van der Waals surface area (Å²) in [4.78, 5) is 10.8. The maximum absolute atomic E-state index is 10.8. The predicted molar refractivity (Wildman–Crippen MR) is 85.5 cm³/mol. The third-order valence-corrected chi connectivity index (χ3v) is 3.80. The summed E-state index contributed by atoms with van der Waals surface area (Å²) in [6, 6.07) is 5.46. The van der Waals surface area contributed by atoms with Gasteiger partial charge in [0.15, 0.2) is 0 Å². The molecule has 1 aromatic carbocycles. The lowest BCUT2D eigenvalue weighted by Crippen LogP contribution is -2.20. The van der Waals surface area contributed by atoms with Crippen LogP contribution in [0, 0.1) is 5.41 Å². The summed E-state index contributed by atoms with van der Waals surface area (Å²) in [5.41, 5.74) is 0.291. The molecule has 0 aliphatic rings. The molecular formula is C16H23BrO4. The van der Waals surface area contributed by atoms with Crippen molar-refractivity contribution in [2.24, 2.45) is 5.41 Å². The molecule has 0 bridgehead atoms. The monoisotopic (exact) mass is 358 g/mol. The summed E-state index contributed by atoms with van der Waals surface area (Å²) >= 11 is 3.44. The smallest absolute Gasteiger partial charge is 0.303 e. The van der Waals surface area contributed by atoms with Gasteiger partial charge in [-0.1, -0.05) is 26.8 Å². The van der Waals surface area contributed by atoms with Gasteiger partial charge in [0.05, 0.1) is 23.6 Å². The summed E-state index contributed by atoms with van der Waals surface area (Å²) < 4.78 is 6.36. The average molecular weight is 359 g/mol. The first-order chi connectivity index (χ1) is 9.75. The quantitative estimate of drug-likeness (QED) is 0.731. The molecular weight excluding hydrogens is 336 g/mol. The zero-order chi connectivity index (χ0) is 16.0. The number of carboxylic acid groups (broad SMARTS) is 1. The molecule has 118 valence electrons. The molecule has 5 heteroatoms. The average Bonchev–Trinajstić information content (AvgIpc) is 2.34. The Morgan fingerprint density at radius 1 is 1.43 bits per heavy atom. The van der Waals surface area contributed by atoms with Crippen molar-refractivity contribution in [3.8, 4) is 5.75 Å². The third kappa shape index (κ3) is 6.06. The maximum atomic E-state index is 10.8. The minimum absolute atomic E-state index is 0.0307. The van der Waals surface area contributed by atoms with Crippen molar-refractivity contribution in [3.05, 3.63) is 28.2 Å². The number of aliphatic hydroxyl groups excluding tert-OH is 1. The van der Waals surface area contributed by atoms with Crippen molar-refractivity contribution in [2.45, 2.75) is 46.1 Å². The molecule has 0 aliphatic carbocycles. The second-order valence-corrected chi connectivity index (χ2v) is 6.85. The van der Waals surface area contributed by atoms with Crippen molar-refractivity contribution < 1.29 is 19.7 Å². The fraction of sp³-hybridized carbons (Fsp3) is 0.562. The number of carbonyl (C=O) groups is 1. The zero-order valence-corrected chi connectivity index (χ0v) is 14.3. The SMILES string of the molecule is CCCOc1ccc(C(O)CC(C)(C)CC(=O)O)cc1Br. The molecule has 1 rings (SSSR count). The number of hydrogen-bond acceptors (Lipinski definition) is 3. The molecule has 0 aromatic heterocycles. The molecule has 1 atom stereocenters. The Labute approximate surface area is 134 Å². The fourth-order valence-corrected chi connectivity index (χ4v) is 2.69. The first-order valence-corrected chi connectivity index (χ1v) is 7.86. The van der Waals surface area contributed by atoms with Gasteiger partial charge in [0, 0.05) is 0 Å². The summed E-state index contributed by atoms with van der Waals surface area (Å²) in [6.07, 6.45) is 0.653. The van der Waals surface area contributed by atoms with E-state index in [2.05, 4.69) is 15.9 Å². The number of aliphatic carboxylic acids is 1. The van der Waals surface area contributed by atoms with Gasteiger partial charge in [0.2, 0.25) is 0 Å². The van der Waals surface area contributed by atoms with E-state index in [9.17, 15) is 9.90 Å². The number of ether oxygens (including phenoxy) is 1. The van der Waals surface area contributed by atoms with E-state index < -0.39 is 17.5 Å². The van der Waals surface area contributed by atoms with Crippen molar-refractivity contribution in [3.63, 3.8) is 0 Å². The van der Waals surface area contributed by atoms with Gasteiger partial charge in [-0.3, -0.25) is 4.79 Å². The van der Waals surface area contributed by atoms with Crippen LogP contribution in [0.5, 0.6) is 5.75 Å². The van der Waals surface area contributed by atoms with Crippen LogP contribution in [0.25, 0.3) is 0 Å². The molecule has 4 nitrogen and oxygen atoms in total. The number of hydrogen-bond donors (Lipinski definition) is 2. The molecule has 0 fully saturated rings. The predicted octanol–water partition coefficient (Wildman–Crippen LogP) is 4.16. The molecule has 0 saturated carbocycles. The van der Waals surface area contributed by atoms with Gasteiger partial charge in [0.25, 0.3) is 0 Å². The van der Waals surface area contributed by atoms with E-state index in [0.29, 0.717) is 13.0 Å². The first kappa shape index (κ1) is 18.0. The Bertz CT molecular complexity index is 485. The summed E-state index contributed by atoms with van der Waals surface area (Å²) in [6.45, 7) is 6.37. The molecule has 1 unspecified atom stereocenters. The first-order valence-electron chi connectivity index (χ1n) is 7.07. The molecule has 0 heterocycles. The van der Waals surface area contributed by atoms with E-state index in [1.54, 1.807) is 0 Å². The fourth-order valence-electron chi connectivity index (χ4n) is 2.18. The molecule has 0 aliphatic heterocycles.